The van der Waals surface area contributed by atoms with Crippen molar-refractivity contribution in [2.45, 2.75) is 24.1 Å². The fraction of sp³-hybridized carbons (Fsp3) is 0.333. The smallest absolute Gasteiger partial charge is 0.228 e. The summed E-state index contributed by atoms with van der Waals surface area (Å²) in [6.07, 6.45) is 3.85. The van der Waals surface area contributed by atoms with Crippen LogP contribution in [-0.2, 0) is 11.3 Å². The third-order valence-electron chi connectivity index (χ3n) is 2.40. The van der Waals surface area contributed by atoms with E-state index in [0.29, 0.717) is 23.8 Å². The van der Waals surface area contributed by atoms with Gasteiger partial charge in [-0.1, -0.05) is 23.1 Å². The van der Waals surface area contributed by atoms with Crippen molar-refractivity contribution in [2.24, 2.45) is 0 Å². The quantitative estimate of drug-likeness (QED) is 0.828. The van der Waals surface area contributed by atoms with Crippen LogP contribution in [0.2, 0.25) is 0 Å². The summed E-state index contributed by atoms with van der Waals surface area (Å²) in [5, 5.41) is 16.0. The van der Waals surface area contributed by atoms with Crippen LogP contribution in [0.1, 0.15) is 12.1 Å². The van der Waals surface area contributed by atoms with E-state index < -0.39 is 0 Å². The van der Waals surface area contributed by atoms with Crippen LogP contribution >= 0.6 is 23.1 Å². The van der Waals surface area contributed by atoms with Crippen LogP contribution < -0.4 is 5.32 Å². The molecule has 0 radical (unpaired) electrons. The Morgan fingerprint density at radius 2 is 2.50 bits per heavy atom. The molecule has 1 N–H and O–H groups in total. The number of nitrogens with zero attached hydrogens (tertiary/aromatic N) is 4. The third kappa shape index (κ3) is 4.08. The first-order valence-corrected chi connectivity index (χ1v) is 7.73. The molecule has 104 valence electrons. The molecule has 0 saturated heterocycles. The van der Waals surface area contributed by atoms with E-state index in [2.05, 4.69) is 21.5 Å². The minimum Gasteiger partial charge on any atom is -0.302 e. The SMILES string of the molecule is Cc1nc(NC(=O)CCn2cccn2)sc1SCC#N. The molecule has 1 amide bonds. The molecule has 0 saturated carbocycles. The Balaban J connectivity index is 1.86. The molecule has 0 spiro atoms. The van der Waals surface area contributed by atoms with Crippen LogP contribution in [0.5, 0.6) is 0 Å². The number of aryl methyl sites for hydroxylation is 2. The third-order valence-corrected chi connectivity index (χ3v) is 4.70. The minimum absolute atomic E-state index is 0.0916. The van der Waals surface area contributed by atoms with Crippen LogP contribution in [0.25, 0.3) is 0 Å². The summed E-state index contributed by atoms with van der Waals surface area (Å²) in [5.41, 5.74) is 0.845. The largest absolute Gasteiger partial charge is 0.302 e. The zero-order chi connectivity index (χ0) is 14.4. The maximum absolute atomic E-state index is 11.8. The van der Waals surface area contributed by atoms with Gasteiger partial charge >= 0.3 is 0 Å². The molecule has 0 atom stereocenters. The molecule has 0 aliphatic rings. The Morgan fingerprint density at radius 1 is 1.65 bits per heavy atom. The average Bonchev–Trinajstić information content (AvgIpc) is 3.04. The number of thiazole rings is 1. The van der Waals surface area contributed by atoms with Crippen molar-refractivity contribution in [2.75, 3.05) is 11.1 Å². The van der Waals surface area contributed by atoms with E-state index in [9.17, 15) is 4.79 Å². The number of thioether (sulfide) groups is 1. The van der Waals surface area contributed by atoms with Crippen molar-refractivity contribution in [1.82, 2.24) is 14.8 Å². The van der Waals surface area contributed by atoms with Gasteiger partial charge < -0.3 is 5.32 Å². The van der Waals surface area contributed by atoms with Crippen LogP contribution in [0, 0.1) is 18.3 Å². The number of nitriles is 1. The highest BCUT2D eigenvalue weighted by atomic mass is 32.2. The molecule has 2 heterocycles. The van der Waals surface area contributed by atoms with Crippen molar-refractivity contribution in [1.29, 1.82) is 5.26 Å². The molecular weight excluding hydrogens is 294 g/mol. The Hall–Kier alpha value is -1.85. The van der Waals surface area contributed by atoms with Gasteiger partial charge in [-0.25, -0.2) is 4.98 Å². The molecule has 2 rings (SSSR count). The molecule has 8 heteroatoms. The van der Waals surface area contributed by atoms with Crippen molar-refractivity contribution in [3.63, 3.8) is 0 Å². The van der Waals surface area contributed by atoms with Crippen LogP contribution in [0.15, 0.2) is 22.7 Å². The average molecular weight is 307 g/mol. The highest BCUT2D eigenvalue weighted by molar-refractivity contribution is 8.01. The monoisotopic (exact) mass is 307 g/mol. The standard InChI is InChI=1S/C12H13N5OS2/c1-9-11(19-8-4-13)20-12(15-9)16-10(18)3-7-17-6-2-5-14-17/h2,5-6H,3,7-8H2,1H3,(H,15,16,18). The Bertz CT molecular complexity index is 614. The fourth-order valence-electron chi connectivity index (χ4n) is 1.50. The lowest BCUT2D eigenvalue weighted by molar-refractivity contribution is -0.116. The number of carbonyl (C=O) groups is 1. The lowest BCUT2D eigenvalue weighted by atomic mass is 10.4. The van der Waals surface area contributed by atoms with E-state index in [4.69, 9.17) is 5.26 Å². The molecule has 0 aromatic carbocycles. The summed E-state index contributed by atoms with van der Waals surface area (Å²) in [6.45, 7) is 2.41. The predicted octanol–water partition coefficient (Wildman–Crippen LogP) is 2.29. The van der Waals surface area contributed by atoms with Crippen molar-refractivity contribution in [3.05, 3.63) is 24.2 Å². The molecule has 0 bridgehead atoms. The fourth-order valence-corrected chi connectivity index (χ4v) is 3.31. The van der Waals surface area contributed by atoms with E-state index in [1.807, 2.05) is 19.2 Å². The molecular formula is C12H13N5OS2. The summed E-state index contributed by atoms with van der Waals surface area (Å²) in [6, 6.07) is 3.89. The van der Waals surface area contributed by atoms with Crippen molar-refractivity contribution in [3.8, 4) is 6.07 Å². The number of aromatic nitrogens is 3. The van der Waals surface area contributed by atoms with Crippen LogP contribution in [0.3, 0.4) is 0 Å². The molecule has 2 aromatic rings. The Morgan fingerprint density at radius 3 is 3.20 bits per heavy atom. The lowest BCUT2D eigenvalue weighted by Gasteiger charge is -2.01. The van der Waals surface area contributed by atoms with Crippen LogP contribution in [0.4, 0.5) is 5.13 Å². The van der Waals surface area contributed by atoms with E-state index in [1.54, 1.807) is 10.9 Å². The molecule has 0 aliphatic carbocycles. The number of rotatable bonds is 6. The molecule has 0 fully saturated rings. The number of nitrogens with one attached hydrogen (secondary N) is 1. The van der Waals surface area contributed by atoms with Gasteiger partial charge in [-0.2, -0.15) is 10.4 Å². The highest BCUT2D eigenvalue weighted by Crippen LogP contribution is 2.31. The van der Waals surface area contributed by atoms with Gasteiger partial charge in [0, 0.05) is 25.4 Å². The lowest BCUT2D eigenvalue weighted by Crippen LogP contribution is -2.14. The number of hydrogen-bond acceptors (Lipinski definition) is 6. The molecule has 2 aromatic heterocycles. The maximum atomic E-state index is 11.8. The van der Waals surface area contributed by atoms with Crippen molar-refractivity contribution < 1.29 is 4.79 Å². The first-order chi connectivity index (χ1) is 9.69. The second-order valence-corrected chi connectivity index (χ2v) is 6.15. The minimum atomic E-state index is -0.0916. The van der Waals surface area contributed by atoms with E-state index in [-0.39, 0.29) is 5.91 Å². The molecule has 20 heavy (non-hydrogen) atoms. The zero-order valence-corrected chi connectivity index (χ0v) is 12.5. The van der Waals surface area contributed by atoms with Gasteiger partial charge in [-0.15, -0.1) is 0 Å². The molecule has 6 nitrogen and oxygen atoms in total. The predicted molar refractivity (Wildman–Crippen MR) is 78.7 cm³/mol. The van der Waals surface area contributed by atoms with E-state index in [1.165, 1.54) is 23.1 Å². The number of amides is 1. The van der Waals surface area contributed by atoms with Gasteiger partial charge in [0.1, 0.15) is 0 Å². The molecule has 0 unspecified atom stereocenters. The number of carbonyl (C=O) groups excluding carboxylic acids is 1. The van der Waals surface area contributed by atoms with E-state index in [0.717, 1.165) is 9.90 Å². The van der Waals surface area contributed by atoms with Gasteiger partial charge in [0.25, 0.3) is 0 Å². The summed E-state index contributed by atoms with van der Waals surface area (Å²) < 4.78 is 2.68. The van der Waals surface area contributed by atoms with Gasteiger partial charge in [0.05, 0.1) is 21.7 Å². The maximum Gasteiger partial charge on any atom is 0.228 e. The van der Waals surface area contributed by atoms with Gasteiger partial charge in [-0.3, -0.25) is 9.48 Å². The van der Waals surface area contributed by atoms with Crippen LogP contribution in [-0.4, -0.2) is 26.4 Å². The number of anilines is 1. The summed E-state index contributed by atoms with van der Waals surface area (Å²) in [5.74, 6) is 0.293. The Labute approximate surface area is 124 Å². The first-order valence-electron chi connectivity index (χ1n) is 5.93. The summed E-state index contributed by atoms with van der Waals surface area (Å²) in [4.78, 5) is 16.1. The normalized spacial score (nSPS) is 10.2. The van der Waals surface area contributed by atoms with Gasteiger partial charge in [-0.05, 0) is 13.0 Å². The molecule has 0 aliphatic heterocycles. The summed E-state index contributed by atoms with van der Waals surface area (Å²) in [7, 11) is 0. The first kappa shape index (κ1) is 14.6. The van der Waals surface area contributed by atoms with Crippen molar-refractivity contribution >= 4 is 34.1 Å². The summed E-state index contributed by atoms with van der Waals surface area (Å²) >= 11 is 2.83. The second kappa shape index (κ2) is 7.07. The number of hydrogen-bond donors (Lipinski definition) is 1. The van der Waals surface area contributed by atoms with E-state index >= 15 is 0 Å². The Kier molecular flexibility index (Phi) is 5.15. The zero-order valence-electron chi connectivity index (χ0n) is 10.9. The topological polar surface area (TPSA) is 83.6 Å². The highest BCUT2D eigenvalue weighted by Gasteiger charge is 2.10. The second-order valence-electron chi connectivity index (χ2n) is 3.91. The van der Waals surface area contributed by atoms with Gasteiger partial charge in [0.2, 0.25) is 5.91 Å². The van der Waals surface area contributed by atoms with Gasteiger partial charge in [0.15, 0.2) is 5.13 Å².